The SMILES string of the molecule is c1ccc(-n2c3cc4ccccc4cc3c3cc4c(cc32)c2ccccc2n4-c2ncccn2)cc1. The first-order valence-corrected chi connectivity index (χ1v) is 12.1. The summed E-state index contributed by atoms with van der Waals surface area (Å²) in [6.45, 7) is 0. The zero-order valence-electron chi connectivity index (χ0n) is 19.3. The maximum atomic E-state index is 4.60. The van der Waals surface area contributed by atoms with Gasteiger partial charge in [-0.2, -0.15) is 0 Å². The zero-order valence-corrected chi connectivity index (χ0v) is 19.3. The maximum Gasteiger partial charge on any atom is 0.234 e. The molecule has 0 radical (unpaired) electrons. The smallest absolute Gasteiger partial charge is 0.234 e. The van der Waals surface area contributed by atoms with Crippen LogP contribution in [0.25, 0.3) is 66.0 Å². The van der Waals surface area contributed by atoms with Gasteiger partial charge in [0.1, 0.15) is 0 Å². The highest BCUT2D eigenvalue weighted by molar-refractivity contribution is 6.20. The van der Waals surface area contributed by atoms with Crippen LogP contribution >= 0.6 is 0 Å². The molecule has 0 aliphatic rings. The topological polar surface area (TPSA) is 35.6 Å². The molecule has 0 aliphatic carbocycles. The van der Waals surface area contributed by atoms with Crippen LogP contribution in [0.5, 0.6) is 0 Å². The van der Waals surface area contributed by atoms with Gasteiger partial charge in [0.25, 0.3) is 0 Å². The Morgan fingerprint density at radius 1 is 0.417 bits per heavy atom. The van der Waals surface area contributed by atoms with Crippen LogP contribution in [0.3, 0.4) is 0 Å². The van der Waals surface area contributed by atoms with E-state index in [1.54, 1.807) is 12.4 Å². The molecule has 0 saturated carbocycles. The summed E-state index contributed by atoms with van der Waals surface area (Å²) in [6.07, 6.45) is 3.60. The molecule has 36 heavy (non-hydrogen) atoms. The summed E-state index contributed by atoms with van der Waals surface area (Å²) in [7, 11) is 0. The van der Waals surface area contributed by atoms with E-state index in [1.807, 2.05) is 6.07 Å². The van der Waals surface area contributed by atoms with Crippen molar-refractivity contribution in [3.05, 3.63) is 122 Å². The molecule has 0 bridgehead atoms. The van der Waals surface area contributed by atoms with Crippen LogP contribution in [0.4, 0.5) is 0 Å². The summed E-state index contributed by atoms with van der Waals surface area (Å²) in [6, 6.07) is 38.9. The van der Waals surface area contributed by atoms with Gasteiger partial charge in [-0.05, 0) is 59.3 Å². The van der Waals surface area contributed by atoms with Crippen LogP contribution in [0, 0.1) is 0 Å². The number of hydrogen-bond donors (Lipinski definition) is 0. The molecule has 8 rings (SSSR count). The number of rotatable bonds is 2. The second kappa shape index (κ2) is 7.27. The van der Waals surface area contributed by atoms with Gasteiger partial charge >= 0.3 is 0 Å². The number of fused-ring (bicyclic) bond motifs is 7. The van der Waals surface area contributed by atoms with E-state index in [4.69, 9.17) is 0 Å². The van der Waals surface area contributed by atoms with Crippen molar-refractivity contribution in [3.8, 4) is 11.6 Å². The van der Waals surface area contributed by atoms with E-state index in [0.717, 1.165) is 16.7 Å². The Morgan fingerprint density at radius 2 is 1.00 bits per heavy atom. The first-order valence-electron chi connectivity index (χ1n) is 12.1. The molecule has 0 atom stereocenters. The Kier molecular flexibility index (Phi) is 3.91. The molecule has 168 valence electrons. The molecule has 3 aromatic heterocycles. The van der Waals surface area contributed by atoms with Gasteiger partial charge in [0.05, 0.1) is 22.1 Å². The molecule has 0 fully saturated rings. The minimum absolute atomic E-state index is 0.681. The quantitative estimate of drug-likeness (QED) is 0.264. The average Bonchev–Trinajstić information content (AvgIpc) is 3.43. The summed E-state index contributed by atoms with van der Waals surface area (Å²) in [5.74, 6) is 0.681. The predicted molar refractivity (Wildman–Crippen MR) is 148 cm³/mol. The lowest BCUT2D eigenvalue weighted by atomic mass is 10.1. The van der Waals surface area contributed by atoms with Crippen molar-refractivity contribution in [2.24, 2.45) is 0 Å². The lowest BCUT2D eigenvalue weighted by molar-refractivity contribution is 0.989. The number of hydrogen-bond acceptors (Lipinski definition) is 2. The minimum atomic E-state index is 0.681. The molecule has 4 heteroatoms. The Bertz CT molecular complexity index is 2080. The van der Waals surface area contributed by atoms with Crippen molar-refractivity contribution < 1.29 is 0 Å². The van der Waals surface area contributed by atoms with Crippen molar-refractivity contribution in [2.75, 3.05) is 0 Å². The number of nitrogens with zero attached hydrogens (tertiary/aromatic N) is 4. The number of para-hydroxylation sites is 2. The molecule has 8 aromatic rings. The normalized spacial score (nSPS) is 11.9. The molecule has 0 spiro atoms. The summed E-state index contributed by atoms with van der Waals surface area (Å²) in [5.41, 5.74) is 5.76. The molecule has 0 amide bonds. The van der Waals surface area contributed by atoms with Gasteiger partial charge in [0.15, 0.2) is 0 Å². The van der Waals surface area contributed by atoms with Crippen LogP contribution in [0.1, 0.15) is 0 Å². The molecule has 5 aromatic carbocycles. The van der Waals surface area contributed by atoms with Gasteiger partial charge in [-0.3, -0.25) is 4.57 Å². The summed E-state index contributed by atoms with van der Waals surface area (Å²) in [4.78, 5) is 9.21. The fraction of sp³-hybridized carbons (Fsp3) is 0. The van der Waals surface area contributed by atoms with Gasteiger partial charge < -0.3 is 4.57 Å². The van der Waals surface area contributed by atoms with E-state index < -0.39 is 0 Å². The predicted octanol–water partition coefficient (Wildman–Crippen LogP) is 7.82. The van der Waals surface area contributed by atoms with Crippen LogP contribution < -0.4 is 0 Å². The molecule has 0 saturated heterocycles. The van der Waals surface area contributed by atoms with Crippen LogP contribution in [0.2, 0.25) is 0 Å². The van der Waals surface area contributed by atoms with Crippen molar-refractivity contribution in [3.63, 3.8) is 0 Å². The standard InChI is InChI=1S/C32H20N4/c1-2-11-23(12-3-1)35-29-18-22-10-5-4-9-21(22)17-25(29)27-20-31-26(19-30(27)35)24-13-6-7-14-28(24)36(31)32-33-15-8-16-34-32/h1-20H. The Hall–Kier alpha value is -4.96. The van der Waals surface area contributed by atoms with E-state index in [-0.39, 0.29) is 0 Å². The first-order chi connectivity index (χ1) is 17.9. The van der Waals surface area contributed by atoms with Gasteiger partial charge in [-0.1, -0.05) is 60.7 Å². The highest BCUT2D eigenvalue weighted by Gasteiger charge is 2.19. The third-order valence-electron chi connectivity index (χ3n) is 7.19. The highest BCUT2D eigenvalue weighted by atomic mass is 15.1. The van der Waals surface area contributed by atoms with Crippen molar-refractivity contribution >= 4 is 54.4 Å². The van der Waals surface area contributed by atoms with E-state index >= 15 is 0 Å². The van der Waals surface area contributed by atoms with E-state index in [0.29, 0.717) is 5.95 Å². The third-order valence-corrected chi connectivity index (χ3v) is 7.19. The maximum absolute atomic E-state index is 4.60. The lowest BCUT2D eigenvalue weighted by Gasteiger charge is -2.08. The summed E-state index contributed by atoms with van der Waals surface area (Å²) in [5, 5.41) is 7.31. The second-order valence-electron chi connectivity index (χ2n) is 9.18. The molecule has 0 N–H and O–H groups in total. The van der Waals surface area contributed by atoms with Crippen molar-refractivity contribution in [1.29, 1.82) is 0 Å². The highest BCUT2D eigenvalue weighted by Crippen LogP contribution is 2.40. The summed E-state index contributed by atoms with van der Waals surface area (Å²) < 4.78 is 4.57. The lowest BCUT2D eigenvalue weighted by Crippen LogP contribution is -1.99. The molecular formula is C32H20N4. The van der Waals surface area contributed by atoms with Gasteiger partial charge in [0, 0.05) is 39.6 Å². The average molecular weight is 461 g/mol. The molecule has 0 unspecified atom stereocenters. The largest absolute Gasteiger partial charge is 0.309 e. The van der Waals surface area contributed by atoms with Crippen molar-refractivity contribution in [1.82, 2.24) is 19.1 Å². The van der Waals surface area contributed by atoms with E-state index in [1.165, 1.54) is 43.4 Å². The first kappa shape index (κ1) is 19.4. The minimum Gasteiger partial charge on any atom is -0.309 e. The van der Waals surface area contributed by atoms with Crippen LogP contribution in [-0.4, -0.2) is 19.1 Å². The van der Waals surface area contributed by atoms with Gasteiger partial charge in [0.2, 0.25) is 5.95 Å². The molecule has 3 heterocycles. The molecule has 0 aliphatic heterocycles. The van der Waals surface area contributed by atoms with Crippen LogP contribution in [-0.2, 0) is 0 Å². The summed E-state index contributed by atoms with van der Waals surface area (Å²) >= 11 is 0. The van der Waals surface area contributed by atoms with E-state index in [2.05, 4.69) is 122 Å². The Balaban J connectivity index is 1.61. The number of aromatic nitrogens is 4. The fourth-order valence-electron chi connectivity index (χ4n) is 5.64. The van der Waals surface area contributed by atoms with E-state index in [9.17, 15) is 0 Å². The Labute approximate surface area is 206 Å². The monoisotopic (exact) mass is 460 g/mol. The molecular weight excluding hydrogens is 440 g/mol. The fourth-order valence-corrected chi connectivity index (χ4v) is 5.64. The third kappa shape index (κ3) is 2.64. The second-order valence-corrected chi connectivity index (χ2v) is 9.18. The van der Waals surface area contributed by atoms with Gasteiger partial charge in [-0.25, -0.2) is 9.97 Å². The van der Waals surface area contributed by atoms with Crippen LogP contribution in [0.15, 0.2) is 122 Å². The molecule has 4 nitrogen and oxygen atoms in total. The van der Waals surface area contributed by atoms with Gasteiger partial charge in [-0.15, -0.1) is 0 Å². The van der Waals surface area contributed by atoms with Crippen molar-refractivity contribution in [2.45, 2.75) is 0 Å². The zero-order chi connectivity index (χ0) is 23.6. The Morgan fingerprint density at radius 3 is 1.81 bits per heavy atom. The number of benzene rings is 5.